The van der Waals surface area contributed by atoms with Gasteiger partial charge in [0.25, 0.3) is 0 Å². The summed E-state index contributed by atoms with van der Waals surface area (Å²) in [5.41, 5.74) is -0.536. The van der Waals surface area contributed by atoms with Crippen LogP contribution in [0, 0.1) is 0 Å². The number of hydrogen-bond donors (Lipinski definition) is 0. The molecule has 2 rings (SSSR count). The molecule has 0 radical (unpaired) electrons. The molecule has 1 aromatic heterocycles. The number of amides is 1. The largest absolute Gasteiger partial charge is 0.444 e. The Labute approximate surface area is 134 Å². The maximum Gasteiger partial charge on any atom is 0.410 e. The Kier molecular flexibility index (Phi) is 4.94. The second kappa shape index (κ2) is 6.36. The fourth-order valence-electron chi connectivity index (χ4n) is 2.29. The lowest BCUT2D eigenvalue weighted by Gasteiger charge is -2.35. The monoisotopic (exact) mass is 331 g/mol. The molecule has 1 unspecified atom stereocenters. The lowest BCUT2D eigenvalue weighted by molar-refractivity contribution is 0.00843. The first-order valence-corrected chi connectivity index (χ1v) is 7.71. The maximum absolute atomic E-state index is 12.3. The summed E-state index contributed by atoms with van der Waals surface area (Å²) >= 11 is 11.9. The third-order valence-corrected chi connectivity index (χ3v) is 3.50. The molecule has 1 fully saturated rings. The van der Waals surface area contributed by atoms with Gasteiger partial charge in [0.2, 0.25) is 0 Å². The SMILES string of the molecule is CC(C)(C)OC(=O)N1CCCCC1c1nc(Cl)cc(Cl)n1. The molecular formula is C14H19Cl2N3O2. The van der Waals surface area contributed by atoms with Gasteiger partial charge in [0.05, 0.1) is 6.04 Å². The number of piperidine rings is 1. The van der Waals surface area contributed by atoms with Crippen LogP contribution in [0.1, 0.15) is 51.9 Å². The van der Waals surface area contributed by atoms with E-state index in [9.17, 15) is 4.79 Å². The van der Waals surface area contributed by atoms with E-state index in [-0.39, 0.29) is 22.4 Å². The first-order valence-electron chi connectivity index (χ1n) is 6.96. The van der Waals surface area contributed by atoms with Crippen LogP contribution in [-0.2, 0) is 4.74 Å². The zero-order valence-electron chi connectivity index (χ0n) is 12.4. The molecule has 0 N–H and O–H groups in total. The molecule has 0 aliphatic carbocycles. The van der Waals surface area contributed by atoms with E-state index in [1.54, 1.807) is 4.90 Å². The molecule has 0 aromatic carbocycles. The van der Waals surface area contributed by atoms with Crippen LogP contribution >= 0.6 is 23.2 Å². The van der Waals surface area contributed by atoms with Crippen LogP contribution in [0.5, 0.6) is 0 Å². The zero-order valence-corrected chi connectivity index (χ0v) is 13.9. The summed E-state index contributed by atoms with van der Waals surface area (Å²) in [6, 6.07) is 1.23. The van der Waals surface area contributed by atoms with Crippen LogP contribution in [0.25, 0.3) is 0 Å². The Morgan fingerprint density at radius 2 is 1.90 bits per heavy atom. The summed E-state index contributed by atoms with van der Waals surface area (Å²) in [5.74, 6) is 0.470. The normalized spacial score (nSPS) is 19.5. The van der Waals surface area contributed by atoms with E-state index in [1.165, 1.54) is 6.07 Å². The summed E-state index contributed by atoms with van der Waals surface area (Å²) < 4.78 is 5.45. The van der Waals surface area contributed by atoms with E-state index in [1.807, 2.05) is 20.8 Å². The van der Waals surface area contributed by atoms with Gasteiger partial charge in [-0.05, 0) is 40.0 Å². The van der Waals surface area contributed by atoms with Crippen LogP contribution in [-0.4, -0.2) is 33.1 Å². The van der Waals surface area contributed by atoms with Crippen molar-refractivity contribution in [3.8, 4) is 0 Å². The van der Waals surface area contributed by atoms with E-state index in [2.05, 4.69) is 9.97 Å². The van der Waals surface area contributed by atoms with Gasteiger partial charge in [-0.2, -0.15) is 0 Å². The molecule has 1 aromatic rings. The highest BCUT2D eigenvalue weighted by Crippen LogP contribution is 2.31. The molecule has 2 heterocycles. The molecule has 1 saturated heterocycles. The molecule has 1 amide bonds. The number of ether oxygens (including phenoxy) is 1. The van der Waals surface area contributed by atoms with Crippen molar-refractivity contribution in [2.24, 2.45) is 0 Å². The Morgan fingerprint density at radius 3 is 2.48 bits per heavy atom. The number of carbonyl (C=O) groups is 1. The van der Waals surface area contributed by atoms with Crippen molar-refractivity contribution < 1.29 is 9.53 Å². The van der Waals surface area contributed by atoms with E-state index in [0.717, 1.165) is 19.3 Å². The molecular weight excluding hydrogens is 313 g/mol. The second-order valence-corrected chi connectivity index (χ2v) is 6.83. The number of likely N-dealkylation sites (tertiary alicyclic amines) is 1. The molecule has 1 atom stereocenters. The second-order valence-electron chi connectivity index (χ2n) is 6.06. The fourth-order valence-corrected chi connectivity index (χ4v) is 2.73. The molecule has 1 aliphatic heterocycles. The van der Waals surface area contributed by atoms with E-state index >= 15 is 0 Å². The number of nitrogens with zero attached hydrogens (tertiary/aromatic N) is 3. The molecule has 5 nitrogen and oxygen atoms in total. The van der Waals surface area contributed by atoms with Crippen LogP contribution in [0.3, 0.4) is 0 Å². The minimum absolute atomic E-state index is 0.246. The first kappa shape index (κ1) is 16.3. The number of rotatable bonds is 1. The summed E-state index contributed by atoms with van der Waals surface area (Å²) in [7, 11) is 0. The summed E-state index contributed by atoms with van der Waals surface area (Å²) in [6.07, 6.45) is 2.35. The highest BCUT2D eigenvalue weighted by atomic mass is 35.5. The van der Waals surface area contributed by atoms with Crippen molar-refractivity contribution in [3.63, 3.8) is 0 Å². The van der Waals surface area contributed by atoms with Crippen LogP contribution < -0.4 is 0 Å². The van der Waals surface area contributed by atoms with Crippen LogP contribution in [0.15, 0.2) is 6.07 Å². The van der Waals surface area contributed by atoms with Crippen molar-refractivity contribution in [2.75, 3.05) is 6.54 Å². The summed E-state index contributed by atoms with van der Waals surface area (Å²) in [5, 5.41) is 0.555. The Bertz CT molecular complexity index is 511. The number of aromatic nitrogens is 2. The Hall–Kier alpha value is -1.07. The van der Waals surface area contributed by atoms with E-state index in [0.29, 0.717) is 12.4 Å². The molecule has 21 heavy (non-hydrogen) atoms. The van der Waals surface area contributed by atoms with Gasteiger partial charge in [0.15, 0.2) is 5.82 Å². The Morgan fingerprint density at radius 1 is 1.29 bits per heavy atom. The lowest BCUT2D eigenvalue weighted by Crippen LogP contribution is -2.42. The van der Waals surface area contributed by atoms with Gasteiger partial charge in [-0.25, -0.2) is 14.8 Å². The van der Waals surface area contributed by atoms with Gasteiger partial charge in [0, 0.05) is 12.6 Å². The van der Waals surface area contributed by atoms with Gasteiger partial charge in [-0.3, -0.25) is 4.90 Å². The van der Waals surface area contributed by atoms with Gasteiger partial charge in [-0.15, -0.1) is 0 Å². The molecule has 116 valence electrons. The molecule has 7 heteroatoms. The third kappa shape index (κ3) is 4.45. The van der Waals surface area contributed by atoms with Gasteiger partial charge >= 0.3 is 6.09 Å². The van der Waals surface area contributed by atoms with E-state index in [4.69, 9.17) is 27.9 Å². The molecule has 0 saturated carbocycles. The van der Waals surface area contributed by atoms with Gasteiger partial charge in [-0.1, -0.05) is 23.2 Å². The van der Waals surface area contributed by atoms with Gasteiger partial charge in [0.1, 0.15) is 15.9 Å². The average molecular weight is 332 g/mol. The maximum atomic E-state index is 12.3. The number of hydrogen-bond acceptors (Lipinski definition) is 4. The smallest absolute Gasteiger partial charge is 0.410 e. The van der Waals surface area contributed by atoms with Crippen LogP contribution in [0.4, 0.5) is 4.79 Å². The minimum atomic E-state index is -0.536. The molecule has 1 aliphatic rings. The quantitative estimate of drug-likeness (QED) is 0.722. The fraction of sp³-hybridized carbons (Fsp3) is 0.643. The van der Waals surface area contributed by atoms with Gasteiger partial charge < -0.3 is 4.74 Å². The Balaban J connectivity index is 2.24. The topological polar surface area (TPSA) is 55.3 Å². The minimum Gasteiger partial charge on any atom is -0.444 e. The van der Waals surface area contributed by atoms with E-state index < -0.39 is 5.60 Å². The highest BCUT2D eigenvalue weighted by molar-refractivity contribution is 6.33. The predicted octanol–water partition coefficient (Wildman–Crippen LogP) is 4.25. The summed E-state index contributed by atoms with van der Waals surface area (Å²) in [6.45, 7) is 6.15. The highest BCUT2D eigenvalue weighted by Gasteiger charge is 2.33. The third-order valence-electron chi connectivity index (χ3n) is 3.11. The summed E-state index contributed by atoms with van der Waals surface area (Å²) in [4.78, 5) is 22.4. The molecule has 0 spiro atoms. The lowest BCUT2D eigenvalue weighted by atomic mass is 10.0. The van der Waals surface area contributed by atoms with Crippen molar-refractivity contribution in [2.45, 2.75) is 51.7 Å². The predicted molar refractivity (Wildman–Crippen MR) is 81.6 cm³/mol. The van der Waals surface area contributed by atoms with Crippen molar-refractivity contribution in [1.82, 2.24) is 14.9 Å². The van der Waals surface area contributed by atoms with Crippen LogP contribution in [0.2, 0.25) is 10.3 Å². The zero-order chi connectivity index (χ0) is 15.6. The van der Waals surface area contributed by atoms with Crippen molar-refractivity contribution in [1.29, 1.82) is 0 Å². The van der Waals surface area contributed by atoms with Crippen molar-refractivity contribution >= 4 is 29.3 Å². The number of halogens is 2. The first-order chi connectivity index (χ1) is 9.76. The average Bonchev–Trinajstić information content (AvgIpc) is 2.35. The molecule has 0 bridgehead atoms. The van der Waals surface area contributed by atoms with Crippen molar-refractivity contribution in [3.05, 3.63) is 22.2 Å². The standard InChI is InChI=1S/C14H19Cl2N3O2/c1-14(2,3)21-13(20)19-7-5-4-6-9(19)12-17-10(15)8-11(16)18-12/h8-9H,4-7H2,1-3H3. The number of carbonyl (C=O) groups excluding carboxylic acids is 1.